The third kappa shape index (κ3) is 3.64. The number of aromatic nitrogens is 5. The first-order chi connectivity index (χ1) is 9.19. The molecule has 0 radical (unpaired) electrons. The van der Waals surface area contributed by atoms with Crippen molar-refractivity contribution in [3.8, 4) is 5.88 Å². The van der Waals surface area contributed by atoms with Gasteiger partial charge in [-0.25, -0.2) is 4.98 Å². The van der Waals surface area contributed by atoms with Gasteiger partial charge in [-0.1, -0.05) is 0 Å². The Morgan fingerprint density at radius 2 is 2.26 bits per heavy atom. The Morgan fingerprint density at radius 1 is 1.42 bits per heavy atom. The van der Waals surface area contributed by atoms with E-state index in [4.69, 9.17) is 4.74 Å². The molecule has 19 heavy (non-hydrogen) atoms. The fourth-order valence-electron chi connectivity index (χ4n) is 1.57. The number of rotatable bonds is 6. The lowest BCUT2D eigenvalue weighted by Crippen LogP contribution is -2.11. The molecule has 0 aliphatic rings. The van der Waals surface area contributed by atoms with Crippen LogP contribution in [0.3, 0.4) is 0 Å². The van der Waals surface area contributed by atoms with Crippen molar-refractivity contribution in [3.63, 3.8) is 0 Å². The van der Waals surface area contributed by atoms with Gasteiger partial charge in [0.05, 0.1) is 12.6 Å². The lowest BCUT2D eigenvalue weighted by molar-refractivity contribution is 0.232. The monoisotopic (exact) mass is 262 g/mol. The molecule has 7 nitrogen and oxygen atoms in total. The van der Waals surface area contributed by atoms with Gasteiger partial charge in [0, 0.05) is 18.8 Å². The van der Waals surface area contributed by atoms with E-state index >= 15 is 0 Å². The molecule has 0 saturated carbocycles. The quantitative estimate of drug-likeness (QED) is 0.849. The second kappa shape index (κ2) is 6.12. The van der Waals surface area contributed by atoms with Crippen molar-refractivity contribution < 1.29 is 4.74 Å². The SMILES string of the molecule is CCn1cnnc1CNc1nccc(OC(C)C)n1. The highest BCUT2D eigenvalue weighted by atomic mass is 16.5. The van der Waals surface area contributed by atoms with Crippen LogP contribution < -0.4 is 10.1 Å². The van der Waals surface area contributed by atoms with Crippen molar-refractivity contribution in [2.75, 3.05) is 5.32 Å². The Morgan fingerprint density at radius 3 is 3.00 bits per heavy atom. The number of nitrogens with one attached hydrogen (secondary N) is 1. The number of aryl methyl sites for hydroxylation is 1. The molecule has 2 aromatic heterocycles. The van der Waals surface area contributed by atoms with Crippen molar-refractivity contribution in [2.24, 2.45) is 0 Å². The highest BCUT2D eigenvalue weighted by Gasteiger charge is 2.05. The molecular formula is C12H18N6O. The highest BCUT2D eigenvalue weighted by molar-refractivity contribution is 5.27. The number of hydrogen-bond donors (Lipinski definition) is 1. The Kier molecular flexibility index (Phi) is 4.27. The molecule has 0 saturated heterocycles. The van der Waals surface area contributed by atoms with Crippen LogP contribution in [0.1, 0.15) is 26.6 Å². The zero-order valence-electron chi connectivity index (χ0n) is 11.4. The van der Waals surface area contributed by atoms with E-state index in [1.54, 1.807) is 18.6 Å². The minimum Gasteiger partial charge on any atom is -0.475 e. The van der Waals surface area contributed by atoms with Crippen molar-refractivity contribution in [1.82, 2.24) is 24.7 Å². The van der Waals surface area contributed by atoms with Crippen LogP contribution in [-0.4, -0.2) is 30.8 Å². The van der Waals surface area contributed by atoms with E-state index in [-0.39, 0.29) is 6.10 Å². The van der Waals surface area contributed by atoms with Gasteiger partial charge in [-0.05, 0) is 20.8 Å². The van der Waals surface area contributed by atoms with Gasteiger partial charge in [0.15, 0.2) is 5.82 Å². The van der Waals surface area contributed by atoms with Crippen LogP contribution in [0, 0.1) is 0 Å². The fourth-order valence-corrected chi connectivity index (χ4v) is 1.57. The first-order valence-electron chi connectivity index (χ1n) is 6.29. The molecule has 2 rings (SSSR count). The topological polar surface area (TPSA) is 77.8 Å². The van der Waals surface area contributed by atoms with Gasteiger partial charge in [0.25, 0.3) is 0 Å². The van der Waals surface area contributed by atoms with Gasteiger partial charge >= 0.3 is 0 Å². The van der Waals surface area contributed by atoms with Crippen LogP contribution in [0.2, 0.25) is 0 Å². The van der Waals surface area contributed by atoms with E-state index in [1.807, 2.05) is 25.3 Å². The number of nitrogens with zero attached hydrogens (tertiary/aromatic N) is 5. The minimum atomic E-state index is 0.0888. The second-order valence-electron chi connectivity index (χ2n) is 4.27. The van der Waals surface area contributed by atoms with Crippen LogP contribution in [0.15, 0.2) is 18.6 Å². The Bertz CT molecular complexity index is 524. The van der Waals surface area contributed by atoms with Gasteiger partial charge in [-0.15, -0.1) is 10.2 Å². The molecule has 0 atom stereocenters. The molecule has 0 unspecified atom stereocenters. The largest absolute Gasteiger partial charge is 0.475 e. The standard InChI is InChI=1S/C12H18N6O/c1-4-18-8-15-17-10(18)7-14-12-13-6-5-11(16-12)19-9(2)3/h5-6,8-9H,4,7H2,1-3H3,(H,13,14,16). The predicted octanol–water partition coefficient (Wildman–Crippen LogP) is 1.49. The van der Waals surface area contributed by atoms with Crippen LogP contribution in [0.25, 0.3) is 0 Å². The molecule has 1 N–H and O–H groups in total. The van der Waals surface area contributed by atoms with E-state index < -0.39 is 0 Å². The van der Waals surface area contributed by atoms with Crippen molar-refractivity contribution in [2.45, 2.75) is 40.0 Å². The maximum Gasteiger partial charge on any atom is 0.226 e. The summed E-state index contributed by atoms with van der Waals surface area (Å²) in [7, 11) is 0. The van der Waals surface area contributed by atoms with Gasteiger partial charge in [-0.2, -0.15) is 4.98 Å². The summed E-state index contributed by atoms with van der Waals surface area (Å²) in [4.78, 5) is 8.41. The molecule has 0 spiro atoms. The summed E-state index contributed by atoms with van der Waals surface area (Å²) in [6.07, 6.45) is 3.46. The molecule has 102 valence electrons. The Balaban J connectivity index is 1.99. The minimum absolute atomic E-state index is 0.0888. The molecule has 0 amide bonds. The lowest BCUT2D eigenvalue weighted by Gasteiger charge is -2.10. The average Bonchev–Trinajstić information content (AvgIpc) is 2.83. The maximum atomic E-state index is 5.51. The summed E-state index contributed by atoms with van der Waals surface area (Å²) in [5, 5.41) is 11.0. The number of hydrogen-bond acceptors (Lipinski definition) is 6. The molecule has 0 aliphatic heterocycles. The van der Waals surface area contributed by atoms with Crippen LogP contribution in [-0.2, 0) is 13.1 Å². The summed E-state index contributed by atoms with van der Waals surface area (Å²) in [5.41, 5.74) is 0. The fraction of sp³-hybridized carbons (Fsp3) is 0.500. The van der Waals surface area contributed by atoms with E-state index in [0.717, 1.165) is 12.4 Å². The van der Waals surface area contributed by atoms with Gasteiger partial charge < -0.3 is 14.6 Å². The Labute approximate surface area is 112 Å². The molecule has 2 heterocycles. The predicted molar refractivity (Wildman–Crippen MR) is 70.8 cm³/mol. The zero-order valence-corrected chi connectivity index (χ0v) is 11.4. The number of anilines is 1. The van der Waals surface area contributed by atoms with Gasteiger partial charge in [-0.3, -0.25) is 0 Å². The van der Waals surface area contributed by atoms with Gasteiger partial charge in [0.1, 0.15) is 6.33 Å². The molecule has 2 aromatic rings. The lowest BCUT2D eigenvalue weighted by atomic mass is 10.5. The summed E-state index contributed by atoms with van der Waals surface area (Å²) < 4.78 is 7.47. The normalized spacial score (nSPS) is 10.7. The molecule has 0 fully saturated rings. The van der Waals surface area contributed by atoms with Crippen molar-refractivity contribution >= 4 is 5.95 Å². The van der Waals surface area contributed by atoms with E-state index in [0.29, 0.717) is 18.4 Å². The molecule has 0 bridgehead atoms. The van der Waals surface area contributed by atoms with Crippen LogP contribution >= 0.6 is 0 Å². The number of ether oxygens (including phenoxy) is 1. The second-order valence-corrected chi connectivity index (χ2v) is 4.27. The maximum absolute atomic E-state index is 5.51. The molecule has 0 aromatic carbocycles. The first-order valence-corrected chi connectivity index (χ1v) is 6.29. The van der Waals surface area contributed by atoms with Crippen LogP contribution in [0.4, 0.5) is 5.95 Å². The van der Waals surface area contributed by atoms with Crippen LogP contribution in [0.5, 0.6) is 5.88 Å². The average molecular weight is 262 g/mol. The highest BCUT2D eigenvalue weighted by Crippen LogP contribution is 2.10. The summed E-state index contributed by atoms with van der Waals surface area (Å²) >= 11 is 0. The molecule has 0 aliphatic carbocycles. The first kappa shape index (κ1) is 13.3. The zero-order chi connectivity index (χ0) is 13.7. The van der Waals surface area contributed by atoms with Crippen molar-refractivity contribution in [1.29, 1.82) is 0 Å². The van der Waals surface area contributed by atoms with Gasteiger partial charge in [0.2, 0.25) is 11.8 Å². The van der Waals surface area contributed by atoms with E-state index in [2.05, 4.69) is 25.5 Å². The smallest absolute Gasteiger partial charge is 0.226 e. The molecule has 7 heteroatoms. The third-order valence-corrected chi connectivity index (χ3v) is 2.43. The summed E-state index contributed by atoms with van der Waals surface area (Å²) in [6, 6.07) is 1.74. The molecular weight excluding hydrogens is 244 g/mol. The van der Waals surface area contributed by atoms with Crippen molar-refractivity contribution in [3.05, 3.63) is 24.4 Å². The third-order valence-electron chi connectivity index (χ3n) is 2.43. The van der Waals surface area contributed by atoms with E-state index in [9.17, 15) is 0 Å². The Hall–Kier alpha value is -2.18. The van der Waals surface area contributed by atoms with E-state index in [1.165, 1.54) is 0 Å². The summed E-state index contributed by atoms with van der Waals surface area (Å²) in [5.74, 6) is 1.93. The summed E-state index contributed by atoms with van der Waals surface area (Å²) in [6.45, 7) is 7.32.